The number of amides is 1. The minimum Gasteiger partial charge on any atom is -0.504 e. The number of carbonyl (C=O) groups excluding carboxylic acids is 2. The van der Waals surface area contributed by atoms with E-state index in [1.165, 1.54) is 36.2 Å². The van der Waals surface area contributed by atoms with Gasteiger partial charge >= 0.3 is 0 Å². The molecule has 5 nitrogen and oxygen atoms in total. The Morgan fingerprint density at radius 2 is 1.74 bits per heavy atom. The number of aromatic hydroxyl groups is 2. The molecular formula is C18H17NO4. The van der Waals surface area contributed by atoms with Crippen molar-refractivity contribution in [1.82, 2.24) is 4.90 Å². The second-order valence-corrected chi connectivity index (χ2v) is 5.06. The third kappa shape index (κ3) is 4.44. The Kier molecular flexibility index (Phi) is 5.15. The molecule has 2 aromatic carbocycles. The zero-order valence-electron chi connectivity index (χ0n) is 12.6. The fourth-order valence-electron chi connectivity index (χ4n) is 1.94. The molecular weight excluding hydrogens is 294 g/mol. The van der Waals surface area contributed by atoms with Crippen LogP contribution in [0.1, 0.15) is 15.9 Å². The van der Waals surface area contributed by atoms with Crippen molar-refractivity contribution in [3.63, 3.8) is 0 Å². The van der Waals surface area contributed by atoms with E-state index in [2.05, 4.69) is 0 Å². The predicted octanol–water partition coefficient (Wildman–Crippen LogP) is 2.45. The zero-order chi connectivity index (χ0) is 16.8. The van der Waals surface area contributed by atoms with Crippen molar-refractivity contribution in [3.8, 4) is 11.5 Å². The molecule has 0 atom stereocenters. The maximum atomic E-state index is 12.1. The van der Waals surface area contributed by atoms with E-state index in [0.717, 1.165) is 5.56 Å². The van der Waals surface area contributed by atoms with Crippen LogP contribution in [0.4, 0.5) is 0 Å². The highest BCUT2D eigenvalue weighted by molar-refractivity contribution is 6.01. The Labute approximate surface area is 134 Å². The van der Waals surface area contributed by atoms with Gasteiger partial charge in [0.05, 0.1) is 6.54 Å². The number of hydrogen-bond donors (Lipinski definition) is 2. The number of carbonyl (C=O) groups is 2. The number of phenolic OH excluding ortho intramolecular Hbond substituents is 2. The van der Waals surface area contributed by atoms with Crippen LogP contribution in [-0.2, 0) is 4.79 Å². The summed E-state index contributed by atoms with van der Waals surface area (Å²) in [4.78, 5) is 25.4. The smallest absolute Gasteiger partial charge is 0.246 e. The molecule has 23 heavy (non-hydrogen) atoms. The second-order valence-electron chi connectivity index (χ2n) is 5.06. The van der Waals surface area contributed by atoms with E-state index >= 15 is 0 Å². The van der Waals surface area contributed by atoms with Gasteiger partial charge in [-0.15, -0.1) is 0 Å². The fraction of sp³-hybridized carbons (Fsp3) is 0.111. The molecule has 0 aliphatic carbocycles. The quantitative estimate of drug-likeness (QED) is 0.505. The van der Waals surface area contributed by atoms with E-state index in [4.69, 9.17) is 0 Å². The minimum absolute atomic E-state index is 0.123. The Balaban J connectivity index is 1.98. The molecule has 0 bridgehead atoms. The third-order valence-corrected chi connectivity index (χ3v) is 3.27. The van der Waals surface area contributed by atoms with Crippen LogP contribution in [0, 0.1) is 0 Å². The van der Waals surface area contributed by atoms with Gasteiger partial charge in [-0.3, -0.25) is 9.59 Å². The number of Topliss-reactive ketones (excluding diaryl/α,β-unsaturated/α-hetero) is 1. The number of ketones is 1. The van der Waals surface area contributed by atoms with Gasteiger partial charge in [0.25, 0.3) is 0 Å². The van der Waals surface area contributed by atoms with Crippen LogP contribution in [0.15, 0.2) is 54.6 Å². The van der Waals surface area contributed by atoms with Gasteiger partial charge in [-0.1, -0.05) is 30.3 Å². The van der Waals surface area contributed by atoms with Gasteiger partial charge in [0, 0.05) is 18.7 Å². The average Bonchev–Trinajstić information content (AvgIpc) is 2.55. The Hall–Kier alpha value is -3.08. The summed E-state index contributed by atoms with van der Waals surface area (Å²) in [6.07, 6.45) is 3.08. The van der Waals surface area contributed by atoms with Crippen molar-refractivity contribution < 1.29 is 19.8 Å². The molecule has 118 valence electrons. The predicted molar refractivity (Wildman–Crippen MR) is 87.2 cm³/mol. The molecule has 0 radical (unpaired) electrons. The van der Waals surface area contributed by atoms with Crippen molar-refractivity contribution in [2.75, 3.05) is 13.6 Å². The standard InChI is InChI=1S/C18H17NO4/c1-19(18(23)10-7-13-5-3-2-4-6-13)12-17(22)14-8-9-15(20)16(21)11-14/h2-11,20-21H,12H2,1H3/b10-7+. The van der Waals surface area contributed by atoms with Gasteiger partial charge in [-0.05, 0) is 29.8 Å². The van der Waals surface area contributed by atoms with Crippen LogP contribution in [0.5, 0.6) is 11.5 Å². The zero-order valence-corrected chi connectivity index (χ0v) is 12.6. The summed E-state index contributed by atoms with van der Waals surface area (Å²) in [5, 5.41) is 18.6. The normalized spacial score (nSPS) is 10.7. The van der Waals surface area contributed by atoms with Crippen molar-refractivity contribution in [2.24, 2.45) is 0 Å². The second kappa shape index (κ2) is 7.26. The van der Waals surface area contributed by atoms with E-state index in [0.29, 0.717) is 0 Å². The molecule has 0 aromatic heterocycles. The molecule has 0 heterocycles. The van der Waals surface area contributed by atoms with E-state index < -0.39 is 0 Å². The van der Waals surface area contributed by atoms with Crippen LogP contribution in [0.3, 0.4) is 0 Å². The van der Waals surface area contributed by atoms with E-state index in [-0.39, 0.29) is 35.3 Å². The van der Waals surface area contributed by atoms with Gasteiger partial charge in [0.15, 0.2) is 17.3 Å². The minimum atomic E-state index is -0.367. The summed E-state index contributed by atoms with van der Waals surface area (Å²) in [6.45, 7) is -0.123. The molecule has 2 aromatic rings. The molecule has 0 saturated heterocycles. The van der Waals surface area contributed by atoms with Gasteiger partial charge < -0.3 is 15.1 Å². The number of likely N-dealkylation sites (N-methyl/N-ethyl adjacent to an activating group) is 1. The Bertz CT molecular complexity index is 738. The SMILES string of the molecule is CN(CC(=O)c1ccc(O)c(O)c1)C(=O)/C=C/c1ccccc1. The van der Waals surface area contributed by atoms with E-state index in [9.17, 15) is 19.8 Å². The number of benzene rings is 2. The largest absolute Gasteiger partial charge is 0.504 e. The number of hydrogen-bond acceptors (Lipinski definition) is 4. The molecule has 0 saturated carbocycles. The maximum Gasteiger partial charge on any atom is 0.246 e. The number of nitrogens with zero attached hydrogens (tertiary/aromatic N) is 1. The van der Waals surface area contributed by atoms with Gasteiger partial charge in [0.1, 0.15) is 0 Å². The van der Waals surface area contributed by atoms with Gasteiger partial charge in [-0.25, -0.2) is 0 Å². The molecule has 2 rings (SSSR count). The Morgan fingerprint density at radius 1 is 1.04 bits per heavy atom. The first kappa shape index (κ1) is 16.3. The van der Waals surface area contributed by atoms with Crippen LogP contribution >= 0.6 is 0 Å². The molecule has 2 N–H and O–H groups in total. The number of phenols is 2. The van der Waals surface area contributed by atoms with Crippen LogP contribution in [0.25, 0.3) is 6.08 Å². The van der Waals surface area contributed by atoms with Gasteiger partial charge in [0.2, 0.25) is 5.91 Å². The lowest BCUT2D eigenvalue weighted by Gasteiger charge is -2.14. The third-order valence-electron chi connectivity index (χ3n) is 3.27. The molecule has 5 heteroatoms. The van der Waals surface area contributed by atoms with Crippen molar-refractivity contribution in [2.45, 2.75) is 0 Å². The first-order chi connectivity index (χ1) is 11.0. The molecule has 0 aliphatic heterocycles. The van der Waals surface area contributed by atoms with E-state index in [1.807, 2.05) is 30.3 Å². The molecule has 0 spiro atoms. The van der Waals surface area contributed by atoms with Crippen LogP contribution in [0.2, 0.25) is 0 Å². The molecule has 0 unspecified atom stereocenters. The highest BCUT2D eigenvalue weighted by atomic mass is 16.3. The first-order valence-electron chi connectivity index (χ1n) is 7.01. The van der Waals surface area contributed by atoms with E-state index in [1.54, 1.807) is 6.08 Å². The average molecular weight is 311 g/mol. The summed E-state index contributed by atoms with van der Waals surface area (Å²) in [5.41, 5.74) is 1.12. The van der Waals surface area contributed by atoms with Crippen molar-refractivity contribution >= 4 is 17.8 Å². The highest BCUT2D eigenvalue weighted by Crippen LogP contribution is 2.25. The molecule has 1 amide bonds. The van der Waals surface area contributed by atoms with Crippen LogP contribution in [-0.4, -0.2) is 40.4 Å². The summed E-state index contributed by atoms with van der Waals surface area (Å²) in [5.74, 6) is -1.29. The van der Waals surface area contributed by atoms with Crippen molar-refractivity contribution in [1.29, 1.82) is 0 Å². The molecule has 0 aliphatic rings. The van der Waals surface area contributed by atoms with Gasteiger partial charge in [-0.2, -0.15) is 0 Å². The summed E-state index contributed by atoms with van der Waals surface area (Å²) in [6, 6.07) is 13.2. The lowest BCUT2D eigenvalue weighted by Crippen LogP contribution is -2.30. The lowest BCUT2D eigenvalue weighted by molar-refractivity contribution is -0.124. The topological polar surface area (TPSA) is 77.8 Å². The summed E-state index contributed by atoms with van der Waals surface area (Å²) < 4.78 is 0. The summed E-state index contributed by atoms with van der Waals surface area (Å²) >= 11 is 0. The number of rotatable bonds is 5. The monoisotopic (exact) mass is 311 g/mol. The van der Waals surface area contributed by atoms with Crippen molar-refractivity contribution in [3.05, 3.63) is 65.7 Å². The highest BCUT2D eigenvalue weighted by Gasteiger charge is 2.14. The lowest BCUT2D eigenvalue weighted by atomic mass is 10.1. The first-order valence-corrected chi connectivity index (χ1v) is 7.01. The van der Waals surface area contributed by atoms with Crippen LogP contribution < -0.4 is 0 Å². The maximum absolute atomic E-state index is 12.1. The fourth-order valence-corrected chi connectivity index (χ4v) is 1.94. The summed E-state index contributed by atoms with van der Waals surface area (Å²) in [7, 11) is 1.52. The molecule has 0 fully saturated rings. The Morgan fingerprint density at radius 3 is 2.39 bits per heavy atom.